The second-order valence-electron chi connectivity index (χ2n) is 7.68. The van der Waals surface area contributed by atoms with Crippen LogP contribution in [0.5, 0.6) is 0 Å². The first-order chi connectivity index (χ1) is 15.6. The van der Waals surface area contributed by atoms with Crippen LogP contribution in [-0.4, -0.2) is 14.3 Å². The largest absolute Gasteiger partial charge is 0.416 e. The number of hydrogen-bond donors (Lipinski definition) is 0. The van der Waals surface area contributed by atoms with Crippen LogP contribution in [0.25, 0.3) is 22.6 Å². The number of alkyl halides is 3. The molecule has 33 heavy (non-hydrogen) atoms. The van der Waals surface area contributed by atoms with Crippen molar-refractivity contribution < 1.29 is 13.2 Å². The molecule has 0 atom stereocenters. The number of rotatable bonds is 3. The SMILES string of the molecule is Cc1cc(C=C(C#N)c2cccc(C(F)(F)F)c2)c(C)n1-n1c(C)nc2ccccc2c1=O. The minimum Gasteiger partial charge on any atom is -0.267 e. The smallest absolute Gasteiger partial charge is 0.267 e. The Morgan fingerprint density at radius 3 is 2.45 bits per heavy atom. The molecule has 0 spiro atoms. The lowest BCUT2D eigenvalue weighted by Crippen LogP contribution is -2.30. The van der Waals surface area contributed by atoms with Crippen LogP contribution in [0.4, 0.5) is 13.2 Å². The lowest BCUT2D eigenvalue weighted by atomic mass is 10.0. The number of hydrogen-bond acceptors (Lipinski definition) is 3. The molecule has 166 valence electrons. The second kappa shape index (κ2) is 8.10. The second-order valence-corrected chi connectivity index (χ2v) is 7.68. The van der Waals surface area contributed by atoms with E-state index in [9.17, 15) is 23.2 Å². The molecule has 0 saturated carbocycles. The van der Waals surface area contributed by atoms with Gasteiger partial charge in [-0.05, 0) is 68.3 Å². The lowest BCUT2D eigenvalue weighted by molar-refractivity contribution is -0.137. The van der Waals surface area contributed by atoms with Gasteiger partial charge in [-0.25, -0.2) is 4.98 Å². The zero-order chi connectivity index (χ0) is 23.9. The standard InChI is InChI=1S/C25H19F3N4O/c1-15-11-19(12-20(14-29)18-7-6-8-21(13-18)25(26,27)28)16(2)31(15)32-17(3)30-23-10-5-4-9-22(23)24(32)33/h4-13H,1-3H3. The average molecular weight is 448 g/mol. The maximum Gasteiger partial charge on any atom is 0.416 e. The van der Waals surface area contributed by atoms with Gasteiger partial charge >= 0.3 is 6.18 Å². The molecule has 2 heterocycles. The van der Waals surface area contributed by atoms with E-state index in [1.54, 1.807) is 42.8 Å². The predicted octanol–water partition coefficient (Wildman–Crippen LogP) is 5.52. The van der Waals surface area contributed by atoms with Crippen molar-refractivity contribution in [3.63, 3.8) is 0 Å². The van der Waals surface area contributed by atoms with Crippen molar-refractivity contribution in [2.24, 2.45) is 0 Å². The summed E-state index contributed by atoms with van der Waals surface area (Å²) in [7, 11) is 0. The quantitative estimate of drug-likeness (QED) is 0.388. The van der Waals surface area contributed by atoms with Crippen LogP contribution in [0, 0.1) is 32.1 Å². The highest BCUT2D eigenvalue weighted by Crippen LogP contribution is 2.31. The maximum atomic E-state index is 13.2. The molecule has 4 aromatic rings. The predicted molar refractivity (Wildman–Crippen MR) is 120 cm³/mol. The highest BCUT2D eigenvalue weighted by molar-refractivity contribution is 5.90. The van der Waals surface area contributed by atoms with Crippen LogP contribution >= 0.6 is 0 Å². The van der Waals surface area contributed by atoms with Gasteiger partial charge in [0.2, 0.25) is 0 Å². The first kappa shape index (κ1) is 22.1. The van der Waals surface area contributed by atoms with Crippen molar-refractivity contribution in [3.05, 3.63) is 98.9 Å². The molecule has 4 rings (SSSR count). The zero-order valence-electron chi connectivity index (χ0n) is 18.1. The van der Waals surface area contributed by atoms with Gasteiger partial charge in [-0.1, -0.05) is 24.3 Å². The number of para-hydroxylation sites is 1. The third-order valence-corrected chi connectivity index (χ3v) is 5.47. The summed E-state index contributed by atoms with van der Waals surface area (Å²) in [6, 6.07) is 15.5. The summed E-state index contributed by atoms with van der Waals surface area (Å²) in [4.78, 5) is 17.8. The van der Waals surface area contributed by atoms with Gasteiger partial charge in [-0.3, -0.25) is 9.47 Å². The summed E-state index contributed by atoms with van der Waals surface area (Å²) in [5.41, 5.74) is 1.75. The van der Waals surface area contributed by atoms with Gasteiger partial charge in [-0.15, -0.1) is 0 Å². The zero-order valence-corrected chi connectivity index (χ0v) is 18.1. The van der Waals surface area contributed by atoms with Crippen molar-refractivity contribution >= 4 is 22.6 Å². The van der Waals surface area contributed by atoms with Crippen LogP contribution in [0.3, 0.4) is 0 Å². The molecule has 0 amide bonds. The fourth-order valence-electron chi connectivity index (χ4n) is 3.90. The summed E-state index contributed by atoms with van der Waals surface area (Å²) in [6.07, 6.45) is -2.97. The molecule has 0 N–H and O–H groups in total. The van der Waals surface area contributed by atoms with E-state index in [0.717, 1.165) is 12.1 Å². The summed E-state index contributed by atoms with van der Waals surface area (Å²) >= 11 is 0. The molecule has 2 aromatic carbocycles. The normalized spacial score (nSPS) is 12.2. The summed E-state index contributed by atoms with van der Waals surface area (Å²) < 4.78 is 42.5. The Labute approximate surface area is 187 Å². The molecule has 0 aliphatic carbocycles. The van der Waals surface area contributed by atoms with Gasteiger partial charge in [0.1, 0.15) is 5.82 Å². The highest BCUT2D eigenvalue weighted by Gasteiger charge is 2.30. The van der Waals surface area contributed by atoms with Crippen LogP contribution in [0.2, 0.25) is 0 Å². The van der Waals surface area contributed by atoms with E-state index in [1.807, 2.05) is 19.1 Å². The van der Waals surface area contributed by atoms with Crippen LogP contribution in [0.15, 0.2) is 59.4 Å². The number of allylic oxidation sites excluding steroid dienone is 1. The molecule has 0 fully saturated rings. The van der Waals surface area contributed by atoms with E-state index in [4.69, 9.17) is 0 Å². The third-order valence-electron chi connectivity index (χ3n) is 5.47. The Balaban J connectivity index is 1.87. The van der Waals surface area contributed by atoms with Crippen molar-refractivity contribution in [1.82, 2.24) is 14.3 Å². The molecular weight excluding hydrogens is 429 g/mol. The van der Waals surface area contributed by atoms with Gasteiger partial charge in [0.15, 0.2) is 0 Å². The van der Waals surface area contributed by atoms with Gasteiger partial charge < -0.3 is 0 Å². The molecule has 8 heteroatoms. The van der Waals surface area contributed by atoms with E-state index in [0.29, 0.717) is 33.7 Å². The van der Waals surface area contributed by atoms with Crippen molar-refractivity contribution in [3.8, 4) is 6.07 Å². The summed E-state index contributed by atoms with van der Waals surface area (Å²) in [5, 5.41) is 10.1. The molecule has 5 nitrogen and oxygen atoms in total. The Morgan fingerprint density at radius 2 is 1.76 bits per heavy atom. The topological polar surface area (TPSA) is 63.6 Å². The maximum absolute atomic E-state index is 13.2. The highest BCUT2D eigenvalue weighted by atomic mass is 19.4. The van der Waals surface area contributed by atoms with Crippen molar-refractivity contribution in [1.29, 1.82) is 5.26 Å². The number of fused-ring (bicyclic) bond motifs is 1. The molecule has 0 bridgehead atoms. The molecule has 0 radical (unpaired) electrons. The van der Waals surface area contributed by atoms with Gasteiger partial charge in [0.05, 0.1) is 28.1 Å². The molecule has 2 aromatic heterocycles. The number of aryl methyl sites for hydroxylation is 2. The van der Waals surface area contributed by atoms with Crippen LogP contribution in [0.1, 0.15) is 33.9 Å². The van der Waals surface area contributed by atoms with E-state index in [-0.39, 0.29) is 16.7 Å². The van der Waals surface area contributed by atoms with Crippen LogP contribution in [-0.2, 0) is 6.18 Å². The Hall–Kier alpha value is -4.12. The van der Waals surface area contributed by atoms with Crippen LogP contribution < -0.4 is 5.56 Å². The Kier molecular flexibility index (Phi) is 5.42. The molecular formula is C25H19F3N4O. The molecule has 0 saturated heterocycles. The fraction of sp³-hybridized carbons (Fsp3) is 0.160. The molecule has 0 aliphatic heterocycles. The molecule has 0 aliphatic rings. The first-order valence-electron chi connectivity index (χ1n) is 10.1. The monoisotopic (exact) mass is 448 g/mol. The average Bonchev–Trinajstić information content (AvgIpc) is 3.05. The Bertz CT molecular complexity index is 1520. The van der Waals surface area contributed by atoms with Gasteiger partial charge in [-0.2, -0.15) is 23.1 Å². The minimum atomic E-state index is -4.51. The number of aromatic nitrogens is 3. The fourth-order valence-corrected chi connectivity index (χ4v) is 3.90. The van der Waals surface area contributed by atoms with E-state index < -0.39 is 11.7 Å². The van der Waals surface area contributed by atoms with E-state index in [1.165, 1.54) is 22.9 Å². The third kappa shape index (κ3) is 3.94. The van der Waals surface area contributed by atoms with Crippen molar-refractivity contribution in [2.75, 3.05) is 0 Å². The Morgan fingerprint density at radius 1 is 1.03 bits per heavy atom. The molecule has 0 unspecified atom stereocenters. The number of halogens is 3. The minimum absolute atomic E-state index is 0.0852. The summed E-state index contributed by atoms with van der Waals surface area (Å²) in [6.45, 7) is 5.31. The number of nitrogens with zero attached hydrogens (tertiary/aromatic N) is 4. The van der Waals surface area contributed by atoms with Gasteiger partial charge in [0.25, 0.3) is 5.56 Å². The lowest BCUT2D eigenvalue weighted by Gasteiger charge is -2.16. The number of nitriles is 1. The van der Waals surface area contributed by atoms with Crippen molar-refractivity contribution in [2.45, 2.75) is 26.9 Å². The van der Waals surface area contributed by atoms with E-state index in [2.05, 4.69) is 4.98 Å². The van der Waals surface area contributed by atoms with E-state index >= 15 is 0 Å². The first-order valence-corrected chi connectivity index (χ1v) is 10.1. The summed E-state index contributed by atoms with van der Waals surface area (Å²) in [5.74, 6) is 0.481. The number of benzene rings is 2. The van der Waals surface area contributed by atoms with Gasteiger partial charge in [0, 0.05) is 11.4 Å².